The summed E-state index contributed by atoms with van der Waals surface area (Å²) in [5.41, 5.74) is 1.63. The van der Waals surface area contributed by atoms with E-state index in [4.69, 9.17) is 18.9 Å². The fourth-order valence-corrected chi connectivity index (χ4v) is 4.84. The van der Waals surface area contributed by atoms with Crippen LogP contribution in [0.25, 0.3) is 0 Å². The van der Waals surface area contributed by atoms with Crippen LogP contribution in [0.3, 0.4) is 0 Å². The van der Waals surface area contributed by atoms with Crippen molar-refractivity contribution in [3.05, 3.63) is 155 Å². The van der Waals surface area contributed by atoms with Crippen LogP contribution in [0.1, 0.15) is 32.6 Å². The van der Waals surface area contributed by atoms with Crippen molar-refractivity contribution in [1.82, 2.24) is 0 Å². The van der Waals surface area contributed by atoms with E-state index in [0.29, 0.717) is 41.8 Å². The van der Waals surface area contributed by atoms with Gasteiger partial charge in [0.1, 0.15) is 49.4 Å². The molecule has 5 aromatic rings. The summed E-state index contributed by atoms with van der Waals surface area (Å²) in [5, 5.41) is 11.8. The maximum atomic E-state index is 13.8. The second-order valence-corrected chi connectivity index (χ2v) is 10.1. The quantitative estimate of drug-likeness (QED) is 0.201. The molecule has 0 aromatic heterocycles. The number of carbonyl (C=O) groups is 1. The molecule has 0 radical (unpaired) electrons. The second kappa shape index (κ2) is 12.2. The highest BCUT2D eigenvalue weighted by molar-refractivity contribution is 6.06. The van der Waals surface area contributed by atoms with Crippen molar-refractivity contribution >= 4 is 5.78 Å². The largest absolute Gasteiger partial charge is 0.489 e. The summed E-state index contributed by atoms with van der Waals surface area (Å²) < 4.78 is 24.1. The van der Waals surface area contributed by atoms with E-state index in [-0.39, 0.29) is 18.8 Å². The van der Waals surface area contributed by atoms with Gasteiger partial charge in [0.25, 0.3) is 0 Å². The molecule has 42 heavy (non-hydrogen) atoms. The van der Waals surface area contributed by atoms with Gasteiger partial charge in [-0.2, -0.15) is 0 Å². The number of ketones is 1. The highest BCUT2D eigenvalue weighted by Crippen LogP contribution is 2.42. The van der Waals surface area contributed by atoms with Crippen molar-refractivity contribution in [2.24, 2.45) is 0 Å². The molecule has 5 aromatic carbocycles. The molecule has 6 rings (SSSR count). The Bertz CT molecular complexity index is 1650. The Kier molecular flexibility index (Phi) is 7.88. The third-order valence-corrected chi connectivity index (χ3v) is 7.14. The van der Waals surface area contributed by atoms with Crippen LogP contribution >= 0.6 is 0 Å². The van der Waals surface area contributed by atoms with Crippen molar-refractivity contribution in [2.45, 2.75) is 25.4 Å². The van der Waals surface area contributed by atoms with Crippen LogP contribution in [0.2, 0.25) is 0 Å². The van der Waals surface area contributed by atoms with Crippen LogP contribution in [0.15, 0.2) is 127 Å². The average molecular weight is 559 g/mol. The second-order valence-electron chi connectivity index (χ2n) is 10.1. The zero-order chi connectivity index (χ0) is 28.8. The Labute approximate surface area is 244 Å². The van der Waals surface area contributed by atoms with E-state index in [1.165, 1.54) is 0 Å². The van der Waals surface area contributed by atoms with E-state index in [2.05, 4.69) is 0 Å². The Balaban J connectivity index is 1.25. The number of carbonyl (C=O) groups excluding carboxylic acids is 1. The molecule has 1 N–H and O–H groups in total. The molecule has 0 saturated heterocycles. The van der Waals surface area contributed by atoms with E-state index in [9.17, 15) is 9.90 Å². The van der Waals surface area contributed by atoms with Crippen LogP contribution in [-0.4, -0.2) is 17.5 Å². The van der Waals surface area contributed by atoms with Crippen molar-refractivity contribution in [3.63, 3.8) is 0 Å². The number of hydrogen-bond donors (Lipinski definition) is 1. The van der Waals surface area contributed by atoms with E-state index >= 15 is 0 Å². The molecular formula is C36H30O6. The monoisotopic (exact) mass is 558 g/mol. The number of rotatable bonds is 10. The summed E-state index contributed by atoms with van der Waals surface area (Å²) in [6.07, 6.45) is 0. The van der Waals surface area contributed by atoms with Gasteiger partial charge in [0.05, 0.1) is 5.56 Å². The van der Waals surface area contributed by atoms with Crippen LogP contribution in [0.5, 0.6) is 23.0 Å². The highest BCUT2D eigenvalue weighted by Gasteiger charge is 2.46. The molecule has 0 bridgehead atoms. The van der Waals surface area contributed by atoms with Gasteiger partial charge in [-0.25, -0.2) is 0 Å². The molecule has 0 fully saturated rings. The molecule has 0 spiro atoms. The minimum absolute atomic E-state index is 0.250. The van der Waals surface area contributed by atoms with Gasteiger partial charge in [-0.05, 0) is 41.0 Å². The maximum Gasteiger partial charge on any atom is 0.206 e. The van der Waals surface area contributed by atoms with Crippen molar-refractivity contribution in [2.75, 3.05) is 6.61 Å². The molecule has 210 valence electrons. The van der Waals surface area contributed by atoms with Gasteiger partial charge in [-0.1, -0.05) is 91.0 Å². The minimum atomic E-state index is -1.95. The van der Waals surface area contributed by atoms with Gasteiger partial charge in [-0.15, -0.1) is 0 Å². The molecule has 0 unspecified atom stereocenters. The molecule has 6 nitrogen and oxygen atoms in total. The van der Waals surface area contributed by atoms with Gasteiger partial charge in [0, 0.05) is 17.7 Å². The van der Waals surface area contributed by atoms with E-state index < -0.39 is 11.4 Å². The molecule has 1 atom stereocenters. The van der Waals surface area contributed by atoms with Crippen molar-refractivity contribution in [1.29, 1.82) is 0 Å². The normalized spacial score (nSPS) is 15.8. The van der Waals surface area contributed by atoms with Gasteiger partial charge < -0.3 is 24.1 Å². The van der Waals surface area contributed by atoms with Gasteiger partial charge >= 0.3 is 0 Å². The smallest absolute Gasteiger partial charge is 0.206 e. The zero-order valence-corrected chi connectivity index (χ0v) is 22.9. The summed E-state index contributed by atoms with van der Waals surface area (Å²) in [7, 11) is 0. The first-order valence-corrected chi connectivity index (χ1v) is 13.8. The lowest BCUT2D eigenvalue weighted by molar-refractivity contribution is -0.00677. The van der Waals surface area contributed by atoms with Crippen molar-refractivity contribution < 1.29 is 28.8 Å². The third kappa shape index (κ3) is 5.99. The van der Waals surface area contributed by atoms with Gasteiger partial charge in [0.2, 0.25) is 5.78 Å². The van der Waals surface area contributed by atoms with Crippen molar-refractivity contribution in [3.8, 4) is 23.0 Å². The number of hydrogen-bond acceptors (Lipinski definition) is 6. The van der Waals surface area contributed by atoms with E-state index in [1.807, 2.05) is 91.0 Å². The molecule has 6 heteroatoms. The lowest BCUT2D eigenvalue weighted by atomic mass is 9.84. The third-order valence-electron chi connectivity index (χ3n) is 7.14. The molecular weight excluding hydrogens is 528 g/mol. The Morgan fingerprint density at radius 3 is 1.69 bits per heavy atom. The number of aliphatic hydroxyl groups is 1. The van der Waals surface area contributed by atoms with Crippen LogP contribution in [0, 0.1) is 0 Å². The van der Waals surface area contributed by atoms with Gasteiger partial charge in [0.15, 0.2) is 5.60 Å². The molecule has 1 aliphatic rings. The molecule has 1 heterocycles. The Morgan fingerprint density at radius 1 is 0.619 bits per heavy atom. The maximum absolute atomic E-state index is 13.8. The topological polar surface area (TPSA) is 74.2 Å². The zero-order valence-electron chi connectivity index (χ0n) is 22.9. The molecule has 0 aliphatic carbocycles. The standard InChI is InChI=1S/C36H30O6/c37-35-31-18-16-29(39-22-26-10-4-1-5-11-26)20-33(31)42-25-36(35,38)32-19-17-30(40-23-27-12-6-2-7-13-27)21-34(32)41-24-28-14-8-3-9-15-28/h1-21,38H,22-25H2/t36-/m1/s1. The highest BCUT2D eigenvalue weighted by atomic mass is 16.5. The van der Waals surface area contributed by atoms with Crippen LogP contribution in [0.4, 0.5) is 0 Å². The molecule has 1 aliphatic heterocycles. The predicted octanol–water partition coefficient (Wildman–Crippen LogP) is 6.89. The average Bonchev–Trinajstić information content (AvgIpc) is 3.05. The van der Waals surface area contributed by atoms with Gasteiger partial charge in [-0.3, -0.25) is 4.79 Å². The fourth-order valence-electron chi connectivity index (χ4n) is 4.84. The summed E-state index contributed by atoms with van der Waals surface area (Å²) >= 11 is 0. The number of Topliss-reactive ketones (excluding diaryl/α,β-unsaturated/α-hetero) is 1. The van der Waals surface area contributed by atoms with Crippen LogP contribution in [-0.2, 0) is 25.4 Å². The number of benzene rings is 5. The predicted molar refractivity (Wildman–Crippen MR) is 159 cm³/mol. The lowest BCUT2D eigenvalue weighted by Crippen LogP contribution is -2.45. The molecule has 0 saturated carbocycles. The number of fused-ring (bicyclic) bond motifs is 1. The SMILES string of the molecule is O=C1c2ccc(OCc3ccccc3)cc2OC[C@@]1(O)c1ccc(OCc2ccccc2)cc1OCc1ccccc1. The number of ether oxygens (including phenoxy) is 4. The first-order valence-electron chi connectivity index (χ1n) is 13.8. The first-order chi connectivity index (χ1) is 20.6. The van der Waals surface area contributed by atoms with E-state index in [1.54, 1.807) is 36.4 Å². The summed E-state index contributed by atoms with van der Waals surface area (Å²) in [5.74, 6) is 1.36. The summed E-state index contributed by atoms with van der Waals surface area (Å²) in [4.78, 5) is 13.8. The van der Waals surface area contributed by atoms with E-state index in [0.717, 1.165) is 16.7 Å². The fraction of sp³-hybridized carbons (Fsp3) is 0.139. The Morgan fingerprint density at radius 2 is 1.12 bits per heavy atom. The summed E-state index contributed by atoms with van der Waals surface area (Å²) in [6.45, 7) is 0.734. The summed E-state index contributed by atoms with van der Waals surface area (Å²) in [6, 6.07) is 39.5. The lowest BCUT2D eigenvalue weighted by Gasteiger charge is -2.33. The minimum Gasteiger partial charge on any atom is -0.489 e. The van der Waals surface area contributed by atoms with Crippen LogP contribution < -0.4 is 18.9 Å². The first kappa shape index (κ1) is 27.1. The molecule has 0 amide bonds. The Hall–Kier alpha value is -5.07.